The highest BCUT2D eigenvalue weighted by atomic mass is 32.2. The lowest BCUT2D eigenvalue weighted by atomic mass is 9.85. The molecule has 0 radical (unpaired) electrons. The van der Waals surface area contributed by atoms with E-state index in [1.807, 2.05) is 60.7 Å². The van der Waals surface area contributed by atoms with Gasteiger partial charge in [-0.15, -0.1) is 11.8 Å². The van der Waals surface area contributed by atoms with Crippen molar-refractivity contribution in [3.8, 4) is 0 Å². The molecule has 0 unspecified atom stereocenters. The van der Waals surface area contributed by atoms with Gasteiger partial charge in [-0.1, -0.05) is 85.1 Å². The van der Waals surface area contributed by atoms with Crippen LogP contribution in [0.15, 0.2) is 65.2 Å². The third-order valence-electron chi connectivity index (χ3n) is 8.61. The zero-order valence-corrected chi connectivity index (χ0v) is 21.2. The molecule has 2 bridgehead atoms. The third-order valence-corrected chi connectivity index (χ3v) is 10.3. The van der Waals surface area contributed by atoms with E-state index in [0.29, 0.717) is 11.7 Å². The first kappa shape index (κ1) is 23.3. The number of rotatable bonds is 7. The molecule has 3 aromatic rings. The fourth-order valence-electron chi connectivity index (χ4n) is 6.58. The summed E-state index contributed by atoms with van der Waals surface area (Å²) in [5, 5.41) is 18.0. The summed E-state index contributed by atoms with van der Waals surface area (Å²) in [6.07, 6.45) is 9.66. The average Bonchev–Trinajstić information content (AvgIpc) is 3.39. The van der Waals surface area contributed by atoms with Gasteiger partial charge in [0.15, 0.2) is 12.1 Å². The molecule has 0 amide bonds. The maximum atomic E-state index is 12.0. The van der Waals surface area contributed by atoms with Gasteiger partial charge in [-0.05, 0) is 29.9 Å². The zero-order chi connectivity index (χ0) is 23.7. The van der Waals surface area contributed by atoms with Crippen molar-refractivity contribution in [2.24, 2.45) is 5.92 Å². The van der Waals surface area contributed by atoms with Crippen molar-refractivity contribution in [3.63, 3.8) is 0 Å². The van der Waals surface area contributed by atoms with Gasteiger partial charge in [-0.2, -0.15) is 4.98 Å². The molecule has 3 aliphatic heterocycles. The number of aliphatic hydroxyl groups is 1. The van der Waals surface area contributed by atoms with E-state index in [2.05, 4.69) is 16.9 Å². The van der Waals surface area contributed by atoms with E-state index in [4.69, 9.17) is 9.51 Å². The van der Waals surface area contributed by atoms with Gasteiger partial charge >= 0.3 is 0 Å². The van der Waals surface area contributed by atoms with E-state index >= 15 is 0 Å². The minimum atomic E-state index is -1.45. The Labute approximate surface area is 212 Å². The molecule has 5 nitrogen and oxygen atoms in total. The standard InChI is InChI=1S/C29H36N3O2S/c33-29(23-10-4-1-5-11-23,24-12-6-2-7-13-24)28-30-27(34-31-28)21-32-18-16-22(17-19-32)26(20-32)35-25-14-8-3-9-15-25/h1-2,4-7,10-13,22,25-26,33H,3,8-9,14-21H2/q+1/t22?,26-,32?/m0/s1. The van der Waals surface area contributed by atoms with E-state index < -0.39 is 5.60 Å². The highest BCUT2D eigenvalue weighted by molar-refractivity contribution is 8.00. The number of quaternary nitrogens is 1. The fourth-order valence-corrected chi connectivity index (χ4v) is 8.58. The van der Waals surface area contributed by atoms with E-state index in [-0.39, 0.29) is 0 Å². The smallest absolute Gasteiger partial charge is 0.282 e. The molecule has 4 heterocycles. The number of hydrogen-bond donors (Lipinski definition) is 1. The minimum absolute atomic E-state index is 0.322. The van der Waals surface area contributed by atoms with Crippen LogP contribution < -0.4 is 0 Å². The molecule has 1 saturated carbocycles. The van der Waals surface area contributed by atoms with Gasteiger partial charge in [0.1, 0.15) is 0 Å². The summed E-state index contributed by atoms with van der Waals surface area (Å²) in [5.74, 6) is 1.84. The Morgan fingerprint density at radius 2 is 1.51 bits per heavy atom. The van der Waals surface area contributed by atoms with Crippen LogP contribution in [0.5, 0.6) is 0 Å². The summed E-state index contributed by atoms with van der Waals surface area (Å²) in [6, 6.07) is 19.3. The average molecular weight is 491 g/mol. The van der Waals surface area contributed by atoms with Gasteiger partial charge in [0.2, 0.25) is 5.82 Å². The maximum Gasteiger partial charge on any atom is 0.282 e. The minimum Gasteiger partial charge on any atom is -0.373 e. The Morgan fingerprint density at radius 3 is 2.14 bits per heavy atom. The number of fused-ring (bicyclic) bond motifs is 3. The van der Waals surface area contributed by atoms with E-state index in [0.717, 1.165) is 38.6 Å². The van der Waals surface area contributed by atoms with Gasteiger partial charge in [0.05, 0.1) is 24.9 Å². The highest BCUT2D eigenvalue weighted by Gasteiger charge is 2.48. The Kier molecular flexibility index (Phi) is 6.46. The predicted octanol–water partition coefficient (Wildman–Crippen LogP) is 5.53. The SMILES string of the molecule is OC(c1ccccc1)(c1ccccc1)c1noc(C[N+]23CCC(CC2)[C@@H](SC2CCCCC2)C3)n1. The molecule has 1 atom stereocenters. The number of benzene rings is 2. The molecule has 1 aromatic heterocycles. The van der Waals surface area contributed by atoms with E-state index in [1.54, 1.807) is 0 Å². The summed E-state index contributed by atoms with van der Waals surface area (Å²) >= 11 is 2.30. The molecule has 35 heavy (non-hydrogen) atoms. The summed E-state index contributed by atoms with van der Waals surface area (Å²) < 4.78 is 6.90. The predicted molar refractivity (Wildman–Crippen MR) is 139 cm³/mol. The molecule has 7 rings (SSSR count). The largest absolute Gasteiger partial charge is 0.373 e. The molecule has 6 heteroatoms. The van der Waals surface area contributed by atoms with Gasteiger partial charge in [0.25, 0.3) is 5.89 Å². The van der Waals surface area contributed by atoms with Gasteiger partial charge in [-0.3, -0.25) is 0 Å². The number of piperidine rings is 3. The Morgan fingerprint density at radius 1 is 0.886 bits per heavy atom. The second kappa shape index (κ2) is 9.72. The Hall–Kier alpha value is -2.15. The second-order valence-electron chi connectivity index (χ2n) is 10.9. The maximum absolute atomic E-state index is 12.0. The van der Waals surface area contributed by atoms with Crippen molar-refractivity contribution < 1.29 is 14.1 Å². The molecular weight excluding hydrogens is 454 g/mol. The fraction of sp³-hybridized carbons (Fsp3) is 0.517. The summed E-state index contributed by atoms with van der Waals surface area (Å²) in [5.41, 5.74) is 0.0417. The zero-order valence-electron chi connectivity index (χ0n) is 20.4. The van der Waals surface area contributed by atoms with Crippen LogP contribution in [-0.2, 0) is 12.1 Å². The van der Waals surface area contributed by atoms with Crippen molar-refractivity contribution in [1.82, 2.24) is 10.1 Å². The van der Waals surface area contributed by atoms with Crippen LogP contribution in [0.1, 0.15) is 67.8 Å². The van der Waals surface area contributed by atoms with E-state index in [1.165, 1.54) is 64.6 Å². The highest BCUT2D eigenvalue weighted by Crippen LogP contribution is 2.44. The molecule has 1 aliphatic carbocycles. The summed E-state index contributed by atoms with van der Waals surface area (Å²) in [7, 11) is 0. The molecular formula is C29H36N3O2S+. The first-order chi connectivity index (χ1) is 17.1. The third kappa shape index (κ3) is 4.56. The van der Waals surface area contributed by atoms with E-state index in [9.17, 15) is 5.11 Å². The van der Waals surface area contributed by atoms with Crippen molar-refractivity contribution in [3.05, 3.63) is 83.5 Å². The normalized spacial score (nSPS) is 27.2. The van der Waals surface area contributed by atoms with Crippen molar-refractivity contribution >= 4 is 11.8 Å². The van der Waals surface area contributed by atoms with Crippen LogP contribution in [0.3, 0.4) is 0 Å². The molecule has 0 spiro atoms. The van der Waals surface area contributed by atoms with Crippen LogP contribution in [0, 0.1) is 5.92 Å². The number of aromatic nitrogens is 2. The lowest BCUT2D eigenvalue weighted by Crippen LogP contribution is -2.62. The number of hydrogen-bond acceptors (Lipinski definition) is 5. The lowest BCUT2D eigenvalue weighted by Gasteiger charge is -2.52. The molecule has 2 aromatic carbocycles. The van der Waals surface area contributed by atoms with Crippen LogP contribution >= 0.6 is 11.8 Å². The second-order valence-corrected chi connectivity index (χ2v) is 12.4. The number of thioether (sulfide) groups is 1. The molecule has 4 fully saturated rings. The Balaban J connectivity index is 1.24. The molecule has 184 valence electrons. The van der Waals surface area contributed by atoms with Crippen molar-refractivity contribution in [1.29, 1.82) is 0 Å². The van der Waals surface area contributed by atoms with Gasteiger partial charge in [0, 0.05) is 18.1 Å². The Bertz CT molecular complexity index is 1070. The van der Waals surface area contributed by atoms with Crippen molar-refractivity contribution in [2.45, 2.75) is 67.6 Å². The number of nitrogens with zero attached hydrogens (tertiary/aromatic N) is 3. The topological polar surface area (TPSA) is 59.2 Å². The van der Waals surface area contributed by atoms with Crippen molar-refractivity contribution in [2.75, 3.05) is 19.6 Å². The van der Waals surface area contributed by atoms with Crippen LogP contribution in [0.4, 0.5) is 0 Å². The monoisotopic (exact) mass is 490 g/mol. The lowest BCUT2D eigenvalue weighted by molar-refractivity contribution is -0.955. The van der Waals surface area contributed by atoms with Crippen LogP contribution in [-0.4, -0.2) is 49.9 Å². The van der Waals surface area contributed by atoms with Crippen LogP contribution in [0.2, 0.25) is 0 Å². The first-order valence-electron chi connectivity index (χ1n) is 13.3. The summed E-state index contributed by atoms with van der Waals surface area (Å²) in [4.78, 5) is 4.83. The quantitative estimate of drug-likeness (QED) is 0.442. The molecule has 4 aliphatic rings. The molecule has 1 N–H and O–H groups in total. The van der Waals surface area contributed by atoms with Gasteiger partial charge < -0.3 is 14.1 Å². The first-order valence-corrected chi connectivity index (χ1v) is 14.3. The van der Waals surface area contributed by atoms with Gasteiger partial charge in [-0.25, -0.2) is 0 Å². The summed E-state index contributed by atoms with van der Waals surface area (Å²) in [6.45, 7) is 4.38. The molecule has 3 saturated heterocycles. The van der Waals surface area contributed by atoms with Crippen LogP contribution in [0.25, 0.3) is 0 Å².